The van der Waals surface area contributed by atoms with Gasteiger partial charge in [-0.25, -0.2) is 0 Å². The Morgan fingerprint density at radius 1 is 1.23 bits per heavy atom. The van der Waals surface area contributed by atoms with Crippen LogP contribution in [0.15, 0.2) is 24.3 Å². The molecule has 1 aromatic carbocycles. The average Bonchev–Trinajstić information content (AvgIpc) is 2.50. The molecule has 5 nitrogen and oxygen atoms in total. The molecule has 1 saturated carbocycles. The number of ether oxygens (including phenoxy) is 1. The summed E-state index contributed by atoms with van der Waals surface area (Å²) in [5.74, 6) is 0.222. The number of carbonyl (C=O) groups excluding carboxylic acids is 2. The summed E-state index contributed by atoms with van der Waals surface area (Å²) < 4.78 is 5.06. The van der Waals surface area contributed by atoms with E-state index in [1.807, 2.05) is 19.1 Å². The molecule has 5 heteroatoms. The summed E-state index contributed by atoms with van der Waals surface area (Å²) in [4.78, 5) is 23.8. The van der Waals surface area contributed by atoms with Crippen LogP contribution in [0.5, 0.6) is 0 Å². The van der Waals surface area contributed by atoms with E-state index in [4.69, 9.17) is 10.5 Å². The Morgan fingerprint density at radius 3 is 2.55 bits per heavy atom. The molecule has 0 spiro atoms. The Bertz CT molecular complexity index is 522. The lowest BCUT2D eigenvalue weighted by Crippen LogP contribution is -2.26. The minimum atomic E-state index is -0.0949. The number of rotatable bonds is 5. The zero-order chi connectivity index (χ0) is 15.9. The summed E-state index contributed by atoms with van der Waals surface area (Å²) in [6.07, 6.45) is 3.88. The van der Waals surface area contributed by atoms with Crippen molar-refractivity contribution in [3.63, 3.8) is 0 Å². The number of nitrogens with two attached hydrogens (primary N) is 1. The van der Waals surface area contributed by atoms with Crippen LogP contribution >= 0.6 is 0 Å². The van der Waals surface area contributed by atoms with Crippen LogP contribution in [0, 0.1) is 11.8 Å². The van der Waals surface area contributed by atoms with Gasteiger partial charge in [-0.2, -0.15) is 0 Å². The first-order valence-corrected chi connectivity index (χ1v) is 7.91. The highest BCUT2D eigenvalue weighted by molar-refractivity contribution is 5.93. The quantitative estimate of drug-likeness (QED) is 0.647. The van der Waals surface area contributed by atoms with Crippen LogP contribution < -0.4 is 11.1 Å². The first-order chi connectivity index (χ1) is 10.6. The third-order valence-corrected chi connectivity index (χ3v) is 4.18. The van der Waals surface area contributed by atoms with Crippen molar-refractivity contribution in [1.82, 2.24) is 0 Å². The van der Waals surface area contributed by atoms with Gasteiger partial charge in [0.2, 0.25) is 5.91 Å². The van der Waals surface area contributed by atoms with Gasteiger partial charge in [-0.15, -0.1) is 0 Å². The van der Waals surface area contributed by atoms with Crippen molar-refractivity contribution in [2.45, 2.75) is 39.0 Å². The lowest BCUT2D eigenvalue weighted by atomic mass is 9.80. The van der Waals surface area contributed by atoms with Crippen molar-refractivity contribution in [1.29, 1.82) is 0 Å². The van der Waals surface area contributed by atoms with Crippen molar-refractivity contribution in [3.8, 4) is 0 Å². The second kappa shape index (κ2) is 7.82. The summed E-state index contributed by atoms with van der Waals surface area (Å²) in [7, 11) is 0. The first kappa shape index (κ1) is 16.3. The summed E-state index contributed by atoms with van der Waals surface area (Å²) >= 11 is 0. The molecule has 0 aromatic heterocycles. The fraction of sp³-hybridized carbons (Fsp3) is 0.529. The molecule has 0 bridgehead atoms. The van der Waals surface area contributed by atoms with E-state index < -0.39 is 0 Å². The van der Waals surface area contributed by atoms with Crippen molar-refractivity contribution < 1.29 is 14.3 Å². The normalized spacial score (nSPS) is 21.1. The Hall–Kier alpha value is -2.04. The standard InChI is InChI=1S/C17H24N2O3/c1-2-22-17(21)13-9-7-12(8-10-13)11-16(20)19-15-6-4-3-5-14(15)18/h3-6,12-13H,2,7-11,18H2,1H3,(H,19,20). The van der Waals surface area contributed by atoms with Crippen LogP contribution in [0.25, 0.3) is 0 Å². The maximum absolute atomic E-state index is 12.1. The van der Waals surface area contributed by atoms with Crippen molar-refractivity contribution >= 4 is 23.3 Å². The molecule has 0 aliphatic heterocycles. The lowest BCUT2D eigenvalue weighted by Gasteiger charge is -2.26. The van der Waals surface area contributed by atoms with Gasteiger partial charge in [-0.05, 0) is 50.7 Å². The first-order valence-electron chi connectivity index (χ1n) is 7.91. The second-order valence-corrected chi connectivity index (χ2v) is 5.81. The molecular weight excluding hydrogens is 280 g/mol. The number of nitrogens with one attached hydrogen (secondary N) is 1. The highest BCUT2D eigenvalue weighted by Gasteiger charge is 2.28. The van der Waals surface area contributed by atoms with Gasteiger partial charge in [0.05, 0.1) is 23.9 Å². The number of benzene rings is 1. The molecule has 0 saturated heterocycles. The van der Waals surface area contributed by atoms with E-state index in [0.717, 1.165) is 25.7 Å². The van der Waals surface area contributed by atoms with Gasteiger partial charge in [-0.1, -0.05) is 12.1 Å². The summed E-state index contributed by atoms with van der Waals surface area (Å²) in [5, 5.41) is 2.86. The molecule has 1 aliphatic rings. The second-order valence-electron chi connectivity index (χ2n) is 5.81. The average molecular weight is 304 g/mol. The van der Waals surface area contributed by atoms with Crippen LogP contribution in [0.2, 0.25) is 0 Å². The molecule has 22 heavy (non-hydrogen) atoms. The molecule has 0 unspecified atom stereocenters. The van der Waals surface area contributed by atoms with Gasteiger partial charge < -0.3 is 15.8 Å². The maximum atomic E-state index is 12.1. The topological polar surface area (TPSA) is 81.4 Å². The van der Waals surface area contributed by atoms with E-state index in [0.29, 0.717) is 30.3 Å². The zero-order valence-corrected chi connectivity index (χ0v) is 13.0. The van der Waals surface area contributed by atoms with E-state index in [2.05, 4.69) is 5.32 Å². The van der Waals surface area contributed by atoms with Crippen molar-refractivity contribution in [2.24, 2.45) is 11.8 Å². The van der Waals surface area contributed by atoms with Gasteiger partial charge in [0, 0.05) is 6.42 Å². The Morgan fingerprint density at radius 2 is 1.91 bits per heavy atom. The molecule has 3 N–H and O–H groups in total. The molecule has 0 heterocycles. The van der Waals surface area contributed by atoms with Crippen molar-refractivity contribution in [2.75, 3.05) is 17.7 Å². The van der Waals surface area contributed by atoms with Gasteiger partial charge in [-0.3, -0.25) is 9.59 Å². The molecule has 0 atom stereocenters. The Balaban J connectivity index is 1.77. The lowest BCUT2D eigenvalue weighted by molar-refractivity contribution is -0.149. The number of para-hydroxylation sites is 2. The van der Waals surface area contributed by atoms with E-state index in [-0.39, 0.29) is 17.8 Å². The maximum Gasteiger partial charge on any atom is 0.308 e. The summed E-state index contributed by atoms with van der Waals surface area (Å²) in [5.41, 5.74) is 7.05. The molecule has 1 amide bonds. The molecule has 0 radical (unpaired) electrons. The minimum Gasteiger partial charge on any atom is -0.466 e. The van der Waals surface area contributed by atoms with Gasteiger partial charge in [0.25, 0.3) is 0 Å². The molecule has 1 aromatic rings. The molecule has 1 aliphatic carbocycles. The van der Waals surface area contributed by atoms with Gasteiger partial charge in [0.1, 0.15) is 0 Å². The third-order valence-electron chi connectivity index (χ3n) is 4.18. The predicted octanol–water partition coefficient (Wildman–Crippen LogP) is 2.97. The third kappa shape index (κ3) is 4.48. The zero-order valence-electron chi connectivity index (χ0n) is 13.0. The van der Waals surface area contributed by atoms with Crippen LogP contribution in [-0.4, -0.2) is 18.5 Å². The molecule has 1 fully saturated rings. The fourth-order valence-electron chi connectivity index (χ4n) is 2.94. The molecular formula is C17H24N2O3. The van der Waals surface area contributed by atoms with Crippen molar-refractivity contribution in [3.05, 3.63) is 24.3 Å². The Kier molecular flexibility index (Phi) is 5.81. The van der Waals surface area contributed by atoms with E-state index >= 15 is 0 Å². The van der Waals surface area contributed by atoms with Crippen LogP contribution in [0.3, 0.4) is 0 Å². The number of anilines is 2. The summed E-state index contributed by atoms with van der Waals surface area (Å²) in [6.45, 7) is 2.25. The number of hydrogen-bond donors (Lipinski definition) is 2. The number of carbonyl (C=O) groups is 2. The molecule has 120 valence electrons. The highest BCUT2D eigenvalue weighted by atomic mass is 16.5. The number of nitrogen functional groups attached to an aromatic ring is 1. The molecule has 2 rings (SSSR count). The summed E-state index contributed by atoms with van der Waals surface area (Å²) in [6, 6.07) is 7.24. The fourth-order valence-corrected chi connectivity index (χ4v) is 2.94. The van der Waals surface area contributed by atoms with E-state index in [1.165, 1.54) is 0 Å². The van der Waals surface area contributed by atoms with Crippen LogP contribution in [0.1, 0.15) is 39.0 Å². The number of amides is 1. The predicted molar refractivity (Wildman–Crippen MR) is 86.2 cm³/mol. The monoisotopic (exact) mass is 304 g/mol. The smallest absolute Gasteiger partial charge is 0.308 e. The van der Waals surface area contributed by atoms with E-state index in [1.54, 1.807) is 12.1 Å². The van der Waals surface area contributed by atoms with Gasteiger partial charge in [0.15, 0.2) is 0 Å². The van der Waals surface area contributed by atoms with Crippen LogP contribution in [0.4, 0.5) is 11.4 Å². The largest absolute Gasteiger partial charge is 0.466 e. The number of hydrogen-bond acceptors (Lipinski definition) is 4. The Labute approximate surface area is 131 Å². The highest BCUT2D eigenvalue weighted by Crippen LogP contribution is 2.32. The van der Waals surface area contributed by atoms with E-state index in [9.17, 15) is 9.59 Å². The minimum absolute atomic E-state index is 0.00373. The van der Waals surface area contributed by atoms with Crippen LogP contribution in [-0.2, 0) is 14.3 Å². The number of esters is 1. The SMILES string of the molecule is CCOC(=O)C1CCC(CC(=O)Nc2ccccc2N)CC1. The van der Waals surface area contributed by atoms with Gasteiger partial charge >= 0.3 is 5.97 Å².